The van der Waals surface area contributed by atoms with Gasteiger partial charge in [0.1, 0.15) is 17.7 Å². The van der Waals surface area contributed by atoms with E-state index in [0.717, 1.165) is 10.8 Å². The van der Waals surface area contributed by atoms with E-state index in [4.69, 9.17) is 8.83 Å². The predicted octanol–water partition coefficient (Wildman–Crippen LogP) is 4.40. The van der Waals surface area contributed by atoms with Gasteiger partial charge in [0.2, 0.25) is 11.8 Å². The van der Waals surface area contributed by atoms with E-state index in [9.17, 15) is 9.90 Å². The van der Waals surface area contributed by atoms with Crippen LogP contribution in [0.2, 0.25) is 0 Å². The van der Waals surface area contributed by atoms with Gasteiger partial charge in [0.25, 0.3) is 0 Å². The van der Waals surface area contributed by atoms with Crippen molar-refractivity contribution >= 4 is 39.7 Å². The maximum absolute atomic E-state index is 11.3. The minimum absolute atomic E-state index is 0.250. The lowest BCUT2D eigenvalue weighted by Gasteiger charge is -2.16. The van der Waals surface area contributed by atoms with E-state index in [1.807, 2.05) is 60.7 Å². The summed E-state index contributed by atoms with van der Waals surface area (Å²) < 4.78 is 11.6. The summed E-state index contributed by atoms with van der Waals surface area (Å²) in [5.74, 6) is -0.0915. The quantitative estimate of drug-likeness (QED) is 0.605. The maximum atomic E-state index is 11.3. The molecule has 0 amide bonds. The standard InChI is InChI=1S/C18H13NO4/c20-18(21)11-19(16-9-12-5-1-3-7-14(12)22-16)17-10-13-6-2-4-8-15(13)23-17/h1-10H,11H2,(H,20,21). The summed E-state index contributed by atoms with van der Waals surface area (Å²) in [5.41, 5.74) is 1.41. The van der Waals surface area contributed by atoms with Crippen LogP contribution in [0, 0.1) is 0 Å². The molecule has 0 aliphatic carbocycles. The summed E-state index contributed by atoms with van der Waals surface area (Å²) in [6.07, 6.45) is 0. The highest BCUT2D eigenvalue weighted by Crippen LogP contribution is 2.34. The molecule has 2 heterocycles. The Balaban J connectivity index is 1.84. The topological polar surface area (TPSA) is 66.8 Å². The average Bonchev–Trinajstić information content (AvgIpc) is 3.15. The van der Waals surface area contributed by atoms with Crippen LogP contribution < -0.4 is 4.90 Å². The number of carbonyl (C=O) groups is 1. The molecule has 114 valence electrons. The first-order valence-electron chi connectivity index (χ1n) is 7.17. The molecule has 23 heavy (non-hydrogen) atoms. The number of fused-ring (bicyclic) bond motifs is 2. The van der Waals surface area contributed by atoms with Gasteiger partial charge in [-0.05, 0) is 12.1 Å². The Morgan fingerprint density at radius 2 is 1.35 bits per heavy atom. The predicted molar refractivity (Wildman–Crippen MR) is 87.1 cm³/mol. The molecule has 5 nitrogen and oxygen atoms in total. The second-order valence-corrected chi connectivity index (χ2v) is 5.22. The number of aliphatic carboxylic acids is 1. The van der Waals surface area contributed by atoms with E-state index in [-0.39, 0.29) is 6.54 Å². The van der Waals surface area contributed by atoms with Crippen LogP contribution in [0.4, 0.5) is 11.8 Å². The Bertz CT molecular complexity index is 858. The third kappa shape index (κ3) is 2.42. The second-order valence-electron chi connectivity index (χ2n) is 5.22. The molecule has 0 unspecified atom stereocenters. The number of carboxylic acid groups (broad SMARTS) is 1. The Morgan fingerprint density at radius 3 is 1.78 bits per heavy atom. The number of furan rings is 2. The third-order valence-electron chi connectivity index (χ3n) is 3.65. The summed E-state index contributed by atoms with van der Waals surface area (Å²) >= 11 is 0. The van der Waals surface area contributed by atoms with Gasteiger partial charge in [-0.1, -0.05) is 36.4 Å². The van der Waals surface area contributed by atoms with Crippen LogP contribution in [0.1, 0.15) is 0 Å². The van der Waals surface area contributed by atoms with Gasteiger partial charge in [0.05, 0.1) is 0 Å². The first-order chi connectivity index (χ1) is 11.2. The molecule has 0 spiro atoms. The SMILES string of the molecule is O=C(O)CN(c1cc2ccccc2o1)c1cc2ccccc2o1. The molecule has 2 aromatic heterocycles. The minimum Gasteiger partial charge on any atom is -0.480 e. The van der Waals surface area contributed by atoms with Crippen LogP contribution >= 0.6 is 0 Å². The Labute approximate surface area is 131 Å². The van der Waals surface area contributed by atoms with E-state index >= 15 is 0 Å². The summed E-state index contributed by atoms with van der Waals surface area (Å²) in [5, 5.41) is 11.1. The van der Waals surface area contributed by atoms with Crippen LogP contribution in [-0.4, -0.2) is 17.6 Å². The average molecular weight is 307 g/mol. The Kier molecular flexibility index (Phi) is 3.05. The molecule has 1 N–H and O–H groups in total. The molecule has 0 saturated heterocycles. The van der Waals surface area contributed by atoms with Crippen LogP contribution in [0.15, 0.2) is 69.5 Å². The largest absolute Gasteiger partial charge is 0.480 e. The fourth-order valence-electron chi connectivity index (χ4n) is 2.60. The highest BCUT2D eigenvalue weighted by Gasteiger charge is 2.20. The molecule has 0 radical (unpaired) electrons. The van der Waals surface area contributed by atoms with E-state index < -0.39 is 5.97 Å². The van der Waals surface area contributed by atoms with Gasteiger partial charge >= 0.3 is 5.97 Å². The van der Waals surface area contributed by atoms with Gasteiger partial charge in [-0.15, -0.1) is 0 Å². The lowest BCUT2D eigenvalue weighted by Crippen LogP contribution is -2.24. The number of rotatable bonds is 4. The van der Waals surface area contributed by atoms with Gasteiger partial charge in [-0.25, -0.2) is 0 Å². The number of hydrogen-bond donors (Lipinski definition) is 1. The molecular formula is C18H13NO4. The van der Waals surface area contributed by atoms with Gasteiger partial charge in [0.15, 0.2) is 0 Å². The first-order valence-corrected chi connectivity index (χ1v) is 7.17. The van der Waals surface area contributed by atoms with Crippen molar-refractivity contribution in [1.29, 1.82) is 0 Å². The molecule has 0 bridgehead atoms. The number of para-hydroxylation sites is 2. The third-order valence-corrected chi connectivity index (χ3v) is 3.65. The van der Waals surface area contributed by atoms with Crippen molar-refractivity contribution in [2.75, 3.05) is 11.4 Å². The van der Waals surface area contributed by atoms with E-state index in [0.29, 0.717) is 22.9 Å². The van der Waals surface area contributed by atoms with Gasteiger partial charge in [-0.3, -0.25) is 9.69 Å². The van der Waals surface area contributed by atoms with Gasteiger partial charge < -0.3 is 13.9 Å². The lowest BCUT2D eigenvalue weighted by molar-refractivity contribution is -0.135. The molecule has 4 aromatic rings. The maximum Gasteiger partial charge on any atom is 0.323 e. The van der Waals surface area contributed by atoms with Crippen molar-refractivity contribution in [2.45, 2.75) is 0 Å². The molecule has 0 aliphatic heterocycles. The fraction of sp³-hybridized carbons (Fsp3) is 0.0556. The zero-order valence-corrected chi connectivity index (χ0v) is 12.1. The van der Waals surface area contributed by atoms with Crippen molar-refractivity contribution < 1.29 is 18.7 Å². The van der Waals surface area contributed by atoms with E-state index in [1.54, 1.807) is 0 Å². The minimum atomic E-state index is -0.967. The first kappa shape index (κ1) is 13.5. The number of anilines is 2. The van der Waals surface area contributed by atoms with Crippen molar-refractivity contribution in [1.82, 2.24) is 0 Å². The van der Waals surface area contributed by atoms with Crippen molar-refractivity contribution in [2.24, 2.45) is 0 Å². The molecule has 0 aliphatic rings. The number of nitrogens with zero attached hydrogens (tertiary/aromatic N) is 1. The highest BCUT2D eigenvalue weighted by molar-refractivity contribution is 5.87. The van der Waals surface area contributed by atoms with Crippen molar-refractivity contribution in [3.8, 4) is 0 Å². The van der Waals surface area contributed by atoms with E-state index in [1.165, 1.54) is 4.90 Å². The number of benzene rings is 2. The van der Waals surface area contributed by atoms with Crippen LogP contribution in [0.5, 0.6) is 0 Å². The Morgan fingerprint density at radius 1 is 0.870 bits per heavy atom. The molecule has 0 saturated carbocycles. The van der Waals surface area contributed by atoms with Crippen LogP contribution in [-0.2, 0) is 4.79 Å². The second kappa shape index (κ2) is 5.21. The normalized spacial score (nSPS) is 11.1. The number of carboxylic acids is 1. The molecule has 4 rings (SSSR count). The van der Waals surface area contributed by atoms with Crippen LogP contribution in [0.3, 0.4) is 0 Å². The molecule has 0 atom stereocenters. The zero-order chi connectivity index (χ0) is 15.8. The smallest absolute Gasteiger partial charge is 0.323 e. The van der Waals surface area contributed by atoms with Crippen molar-refractivity contribution in [3.63, 3.8) is 0 Å². The zero-order valence-electron chi connectivity index (χ0n) is 12.1. The monoisotopic (exact) mass is 307 g/mol. The van der Waals surface area contributed by atoms with Crippen molar-refractivity contribution in [3.05, 3.63) is 60.7 Å². The molecule has 5 heteroatoms. The molecule has 0 fully saturated rings. The molecule has 2 aromatic carbocycles. The summed E-state index contributed by atoms with van der Waals surface area (Å²) in [7, 11) is 0. The highest BCUT2D eigenvalue weighted by atomic mass is 16.4. The van der Waals surface area contributed by atoms with Gasteiger partial charge in [-0.2, -0.15) is 0 Å². The Hall–Kier alpha value is -3.21. The fourth-order valence-corrected chi connectivity index (χ4v) is 2.60. The summed E-state index contributed by atoms with van der Waals surface area (Å²) in [6, 6.07) is 18.7. The lowest BCUT2D eigenvalue weighted by atomic mass is 10.2. The van der Waals surface area contributed by atoms with E-state index in [2.05, 4.69) is 0 Å². The molecular weight excluding hydrogens is 294 g/mol. The van der Waals surface area contributed by atoms with Crippen LogP contribution in [0.25, 0.3) is 21.9 Å². The van der Waals surface area contributed by atoms with Gasteiger partial charge in [0, 0.05) is 22.9 Å². The number of hydrogen-bond acceptors (Lipinski definition) is 4. The summed E-state index contributed by atoms with van der Waals surface area (Å²) in [4.78, 5) is 12.8. The summed E-state index contributed by atoms with van der Waals surface area (Å²) in [6.45, 7) is -0.250.